The molecule has 2 N–H and O–H groups in total. The first-order valence-electron chi connectivity index (χ1n) is 4.55. The van der Waals surface area contributed by atoms with E-state index in [1.165, 1.54) is 12.1 Å². The number of benzene rings is 1. The fourth-order valence-corrected chi connectivity index (χ4v) is 1.15. The summed E-state index contributed by atoms with van der Waals surface area (Å²) in [6.07, 6.45) is -7.09. The average Bonchev–Trinajstić information content (AvgIpc) is 2.14. The van der Waals surface area contributed by atoms with Gasteiger partial charge in [0.15, 0.2) is 6.10 Å². The summed E-state index contributed by atoms with van der Waals surface area (Å²) < 4.78 is 48.6. The van der Waals surface area contributed by atoms with E-state index in [1.54, 1.807) is 6.92 Å². The van der Waals surface area contributed by atoms with Gasteiger partial charge >= 0.3 is 6.18 Å². The van der Waals surface area contributed by atoms with E-state index in [1.807, 2.05) is 0 Å². The Morgan fingerprint density at radius 1 is 1.38 bits per heavy atom. The zero-order valence-corrected chi connectivity index (χ0v) is 8.48. The van der Waals surface area contributed by atoms with Gasteiger partial charge in [0.1, 0.15) is 5.82 Å². The highest BCUT2D eigenvalue weighted by Crippen LogP contribution is 2.21. The predicted octanol–water partition coefficient (Wildman–Crippen LogP) is 2.47. The van der Waals surface area contributed by atoms with Crippen molar-refractivity contribution in [2.75, 3.05) is 11.9 Å². The summed E-state index contributed by atoms with van der Waals surface area (Å²) in [6.45, 7) is 0.904. The molecular formula is C10H11F4NO. The highest BCUT2D eigenvalue weighted by Gasteiger charge is 2.37. The van der Waals surface area contributed by atoms with Crippen molar-refractivity contribution in [1.29, 1.82) is 0 Å². The van der Waals surface area contributed by atoms with Gasteiger partial charge in [-0.3, -0.25) is 0 Å². The lowest BCUT2D eigenvalue weighted by molar-refractivity contribution is -0.198. The molecule has 0 radical (unpaired) electrons. The Kier molecular flexibility index (Phi) is 3.74. The van der Waals surface area contributed by atoms with Crippen molar-refractivity contribution in [1.82, 2.24) is 0 Å². The summed E-state index contributed by atoms with van der Waals surface area (Å²) >= 11 is 0. The Hall–Kier alpha value is -1.30. The molecular weight excluding hydrogens is 226 g/mol. The number of hydrogen-bond acceptors (Lipinski definition) is 2. The lowest BCUT2D eigenvalue weighted by Gasteiger charge is -2.16. The fourth-order valence-electron chi connectivity index (χ4n) is 1.15. The van der Waals surface area contributed by atoms with Crippen molar-refractivity contribution < 1.29 is 22.7 Å². The van der Waals surface area contributed by atoms with Crippen molar-refractivity contribution in [3.63, 3.8) is 0 Å². The zero-order valence-electron chi connectivity index (χ0n) is 8.48. The first-order chi connectivity index (χ1) is 7.30. The molecule has 0 heterocycles. The molecule has 0 amide bonds. The number of hydrogen-bond donors (Lipinski definition) is 2. The maximum atomic E-state index is 12.7. The molecule has 0 saturated carbocycles. The van der Waals surface area contributed by atoms with Crippen LogP contribution in [-0.4, -0.2) is 23.9 Å². The lowest BCUT2D eigenvalue weighted by atomic mass is 10.2. The molecule has 0 saturated heterocycles. The van der Waals surface area contributed by atoms with Gasteiger partial charge in [-0.2, -0.15) is 13.2 Å². The molecule has 1 rings (SSSR count). The summed E-state index contributed by atoms with van der Waals surface area (Å²) in [4.78, 5) is 0. The Morgan fingerprint density at radius 3 is 2.50 bits per heavy atom. The number of rotatable bonds is 3. The van der Waals surface area contributed by atoms with Gasteiger partial charge in [-0.25, -0.2) is 4.39 Å². The van der Waals surface area contributed by atoms with Crippen LogP contribution >= 0.6 is 0 Å². The van der Waals surface area contributed by atoms with Gasteiger partial charge in [-0.15, -0.1) is 0 Å². The second-order valence-electron chi connectivity index (χ2n) is 3.40. The minimum absolute atomic E-state index is 0.365. The van der Waals surface area contributed by atoms with E-state index in [-0.39, 0.29) is 0 Å². The molecule has 6 heteroatoms. The molecule has 0 aliphatic heterocycles. The molecule has 2 nitrogen and oxygen atoms in total. The van der Waals surface area contributed by atoms with Gasteiger partial charge in [-0.1, -0.05) is 0 Å². The molecule has 16 heavy (non-hydrogen) atoms. The molecule has 0 aliphatic rings. The van der Waals surface area contributed by atoms with Crippen LogP contribution in [0.25, 0.3) is 0 Å². The molecule has 0 spiro atoms. The maximum absolute atomic E-state index is 12.7. The van der Waals surface area contributed by atoms with Gasteiger partial charge in [0, 0.05) is 12.2 Å². The normalized spacial score (nSPS) is 13.6. The third-order valence-electron chi connectivity index (χ3n) is 2.05. The quantitative estimate of drug-likeness (QED) is 0.791. The molecule has 0 aliphatic carbocycles. The highest BCUT2D eigenvalue weighted by molar-refractivity contribution is 5.50. The van der Waals surface area contributed by atoms with Crippen LogP contribution in [0, 0.1) is 12.7 Å². The van der Waals surface area contributed by atoms with E-state index in [9.17, 15) is 17.6 Å². The van der Waals surface area contributed by atoms with Crippen LogP contribution in [-0.2, 0) is 0 Å². The van der Waals surface area contributed by atoms with E-state index in [4.69, 9.17) is 5.11 Å². The van der Waals surface area contributed by atoms with Gasteiger partial charge in [0.05, 0.1) is 0 Å². The van der Waals surface area contributed by atoms with Crippen molar-refractivity contribution in [2.45, 2.75) is 19.2 Å². The zero-order chi connectivity index (χ0) is 12.3. The summed E-state index contributed by atoms with van der Waals surface area (Å²) in [6, 6.07) is 3.66. The first kappa shape index (κ1) is 12.8. The Bertz CT molecular complexity index is 364. The van der Waals surface area contributed by atoms with Gasteiger partial charge in [0.2, 0.25) is 0 Å². The number of halogens is 4. The Morgan fingerprint density at radius 2 is 2.00 bits per heavy atom. The van der Waals surface area contributed by atoms with Crippen LogP contribution in [0.15, 0.2) is 18.2 Å². The first-order valence-corrected chi connectivity index (χ1v) is 4.55. The standard InChI is InChI=1S/C10H11F4NO/c1-6-4-7(11)2-3-8(6)15-5-9(16)10(12,13)14/h2-4,9,15-16H,5H2,1H3. The minimum Gasteiger partial charge on any atom is -0.382 e. The Balaban J connectivity index is 2.62. The monoisotopic (exact) mass is 237 g/mol. The van der Waals surface area contributed by atoms with Crippen molar-refractivity contribution in [2.24, 2.45) is 0 Å². The van der Waals surface area contributed by atoms with Crippen molar-refractivity contribution >= 4 is 5.69 Å². The molecule has 1 atom stereocenters. The number of aliphatic hydroxyl groups is 1. The number of nitrogens with one attached hydrogen (secondary N) is 1. The third-order valence-corrected chi connectivity index (χ3v) is 2.05. The van der Waals surface area contributed by atoms with E-state index in [0.29, 0.717) is 11.3 Å². The smallest absolute Gasteiger partial charge is 0.382 e. The fraction of sp³-hybridized carbons (Fsp3) is 0.400. The van der Waals surface area contributed by atoms with Gasteiger partial charge in [0.25, 0.3) is 0 Å². The largest absolute Gasteiger partial charge is 0.416 e. The molecule has 0 bridgehead atoms. The van der Waals surface area contributed by atoms with E-state index < -0.39 is 24.6 Å². The molecule has 1 aromatic carbocycles. The van der Waals surface area contributed by atoms with Crippen molar-refractivity contribution in [3.05, 3.63) is 29.6 Å². The van der Waals surface area contributed by atoms with Crippen LogP contribution in [0.5, 0.6) is 0 Å². The van der Waals surface area contributed by atoms with Crippen molar-refractivity contribution in [3.8, 4) is 0 Å². The number of anilines is 1. The molecule has 1 unspecified atom stereocenters. The highest BCUT2D eigenvalue weighted by atomic mass is 19.4. The lowest BCUT2D eigenvalue weighted by Crippen LogP contribution is -2.35. The number of aryl methyl sites for hydroxylation is 1. The molecule has 90 valence electrons. The number of alkyl halides is 3. The third kappa shape index (κ3) is 3.37. The van der Waals surface area contributed by atoms with Gasteiger partial charge < -0.3 is 10.4 Å². The maximum Gasteiger partial charge on any atom is 0.416 e. The van der Waals surface area contributed by atoms with Crippen LogP contribution < -0.4 is 5.32 Å². The van der Waals surface area contributed by atoms with Gasteiger partial charge in [-0.05, 0) is 30.7 Å². The van der Waals surface area contributed by atoms with E-state index >= 15 is 0 Å². The van der Waals surface area contributed by atoms with Crippen LogP contribution in [0.2, 0.25) is 0 Å². The summed E-state index contributed by atoms with van der Waals surface area (Å²) in [5, 5.41) is 11.1. The number of aliphatic hydroxyl groups excluding tert-OH is 1. The topological polar surface area (TPSA) is 32.3 Å². The van der Waals surface area contributed by atoms with Crippen LogP contribution in [0.4, 0.5) is 23.2 Å². The summed E-state index contributed by atoms with van der Waals surface area (Å²) in [5.41, 5.74) is 0.846. The van der Waals surface area contributed by atoms with E-state index in [2.05, 4.69) is 5.32 Å². The van der Waals surface area contributed by atoms with Crippen LogP contribution in [0.3, 0.4) is 0 Å². The molecule has 1 aromatic rings. The summed E-state index contributed by atoms with van der Waals surface area (Å²) in [5.74, 6) is -0.459. The molecule has 0 aromatic heterocycles. The SMILES string of the molecule is Cc1cc(F)ccc1NCC(O)C(F)(F)F. The molecule has 0 fully saturated rings. The summed E-state index contributed by atoms with van der Waals surface area (Å²) in [7, 11) is 0. The van der Waals surface area contributed by atoms with E-state index in [0.717, 1.165) is 6.07 Å². The average molecular weight is 237 g/mol. The second kappa shape index (κ2) is 4.69. The second-order valence-corrected chi connectivity index (χ2v) is 3.40. The Labute approximate surface area is 89.9 Å². The predicted molar refractivity (Wildman–Crippen MR) is 51.7 cm³/mol. The van der Waals surface area contributed by atoms with Crippen LogP contribution in [0.1, 0.15) is 5.56 Å². The minimum atomic E-state index is -4.65.